The Hall–Kier alpha value is -1.41. The number of nitrogens with one attached hydrogen (secondary N) is 1. The zero-order valence-electron chi connectivity index (χ0n) is 10.0. The predicted octanol–water partition coefficient (Wildman–Crippen LogP) is 2.58. The largest absolute Gasteiger partial charge is 0.478 e. The Morgan fingerprint density at radius 2 is 1.95 bits per heavy atom. The monoisotopic (exact) mass is 331 g/mol. The third kappa shape index (κ3) is 3.37. The maximum atomic E-state index is 12.1. The molecule has 1 aromatic heterocycles. The zero-order chi connectivity index (χ0) is 14.8. The molecule has 20 heavy (non-hydrogen) atoms. The Kier molecular flexibility index (Phi) is 4.44. The van der Waals surface area contributed by atoms with Crippen LogP contribution in [0.3, 0.4) is 0 Å². The van der Waals surface area contributed by atoms with Gasteiger partial charge in [0.2, 0.25) is 0 Å². The van der Waals surface area contributed by atoms with Crippen LogP contribution in [-0.4, -0.2) is 19.5 Å². The van der Waals surface area contributed by atoms with E-state index in [1.807, 2.05) is 6.07 Å². The van der Waals surface area contributed by atoms with E-state index in [1.54, 1.807) is 24.3 Å². The van der Waals surface area contributed by atoms with Gasteiger partial charge in [-0.05, 0) is 11.6 Å². The first-order valence-electron chi connectivity index (χ1n) is 5.46. The fourth-order valence-corrected chi connectivity index (χ4v) is 4.43. The molecule has 1 heterocycles. The SMILES string of the molecule is O=C(O)c1cc(Cl)sc1S(=O)(=O)NCc1ccccc1. The van der Waals surface area contributed by atoms with Crippen molar-refractivity contribution < 1.29 is 18.3 Å². The number of halogens is 1. The van der Waals surface area contributed by atoms with Gasteiger partial charge in [0.1, 0.15) is 0 Å². The van der Waals surface area contributed by atoms with Crippen molar-refractivity contribution in [1.29, 1.82) is 0 Å². The molecule has 8 heteroatoms. The molecular formula is C12H10ClNO4S2. The fraction of sp³-hybridized carbons (Fsp3) is 0.0833. The Labute approximate surface area is 124 Å². The standard InChI is InChI=1S/C12H10ClNO4S2/c13-10-6-9(11(15)16)12(19-10)20(17,18)14-7-8-4-2-1-3-5-8/h1-6,14H,7H2,(H,15,16). The highest BCUT2D eigenvalue weighted by atomic mass is 35.5. The maximum absolute atomic E-state index is 12.1. The molecule has 106 valence electrons. The number of carbonyl (C=O) groups is 1. The molecule has 0 unspecified atom stereocenters. The van der Waals surface area contributed by atoms with Crippen molar-refractivity contribution >= 4 is 38.9 Å². The second kappa shape index (κ2) is 5.92. The normalized spacial score (nSPS) is 11.4. The van der Waals surface area contributed by atoms with Gasteiger partial charge in [0.15, 0.2) is 4.21 Å². The quantitative estimate of drug-likeness (QED) is 0.882. The van der Waals surface area contributed by atoms with Gasteiger partial charge in [-0.15, -0.1) is 11.3 Å². The van der Waals surface area contributed by atoms with Crippen molar-refractivity contribution in [2.24, 2.45) is 0 Å². The number of sulfonamides is 1. The minimum absolute atomic E-state index is 0.0811. The number of benzene rings is 1. The summed E-state index contributed by atoms with van der Waals surface area (Å²) in [5.41, 5.74) is 0.455. The number of rotatable bonds is 5. The lowest BCUT2D eigenvalue weighted by molar-refractivity contribution is 0.0693. The van der Waals surface area contributed by atoms with E-state index in [-0.39, 0.29) is 20.7 Å². The van der Waals surface area contributed by atoms with E-state index in [0.29, 0.717) is 0 Å². The second-order valence-electron chi connectivity index (χ2n) is 3.87. The molecule has 2 aromatic rings. The molecule has 0 radical (unpaired) electrons. The van der Waals surface area contributed by atoms with Gasteiger partial charge in [0, 0.05) is 6.54 Å². The van der Waals surface area contributed by atoms with Gasteiger partial charge in [-0.3, -0.25) is 0 Å². The Balaban J connectivity index is 2.25. The summed E-state index contributed by atoms with van der Waals surface area (Å²) in [7, 11) is -3.91. The van der Waals surface area contributed by atoms with Gasteiger partial charge in [-0.2, -0.15) is 0 Å². The minimum atomic E-state index is -3.91. The number of hydrogen-bond acceptors (Lipinski definition) is 4. The van der Waals surface area contributed by atoms with Crippen molar-refractivity contribution in [3.63, 3.8) is 0 Å². The van der Waals surface area contributed by atoms with Gasteiger partial charge in [-0.1, -0.05) is 41.9 Å². The molecule has 2 N–H and O–H groups in total. The Morgan fingerprint density at radius 3 is 2.55 bits per heavy atom. The number of thiophene rings is 1. The van der Waals surface area contributed by atoms with Gasteiger partial charge in [0.05, 0.1) is 9.90 Å². The molecule has 0 aliphatic heterocycles. The third-order valence-electron chi connectivity index (χ3n) is 2.45. The van der Waals surface area contributed by atoms with E-state index in [4.69, 9.17) is 16.7 Å². The van der Waals surface area contributed by atoms with E-state index in [9.17, 15) is 13.2 Å². The summed E-state index contributed by atoms with van der Waals surface area (Å²) in [6, 6.07) is 10.1. The summed E-state index contributed by atoms with van der Waals surface area (Å²) >= 11 is 6.41. The van der Waals surface area contributed by atoms with Gasteiger partial charge in [0.25, 0.3) is 10.0 Å². The van der Waals surface area contributed by atoms with Crippen LogP contribution in [0, 0.1) is 0 Å². The van der Waals surface area contributed by atoms with Crippen molar-refractivity contribution in [1.82, 2.24) is 4.72 Å². The highest BCUT2D eigenvalue weighted by Crippen LogP contribution is 2.30. The molecule has 0 saturated heterocycles. The van der Waals surface area contributed by atoms with Gasteiger partial charge < -0.3 is 5.11 Å². The molecule has 0 atom stereocenters. The van der Waals surface area contributed by atoms with E-state index >= 15 is 0 Å². The smallest absolute Gasteiger partial charge is 0.338 e. The maximum Gasteiger partial charge on any atom is 0.338 e. The van der Waals surface area contributed by atoms with Crippen molar-refractivity contribution in [3.05, 3.63) is 51.9 Å². The second-order valence-corrected chi connectivity index (χ2v) is 7.51. The highest BCUT2D eigenvalue weighted by Gasteiger charge is 2.25. The average Bonchev–Trinajstić information content (AvgIpc) is 2.81. The van der Waals surface area contributed by atoms with Crippen molar-refractivity contribution in [2.75, 3.05) is 0 Å². The summed E-state index contributed by atoms with van der Waals surface area (Å²) in [6.45, 7) is 0.0811. The molecule has 0 aliphatic carbocycles. The lowest BCUT2D eigenvalue weighted by atomic mass is 10.2. The lowest BCUT2D eigenvalue weighted by Crippen LogP contribution is -2.23. The average molecular weight is 332 g/mol. The van der Waals surface area contributed by atoms with E-state index in [2.05, 4.69) is 4.72 Å². The summed E-state index contributed by atoms with van der Waals surface area (Å²) in [6.07, 6.45) is 0. The first-order valence-corrected chi connectivity index (χ1v) is 8.14. The molecule has 5 nitrogen and oxygen atoms in total. The summed E-state index contributed by atoms with van der Waals surface area (Å²) in [4.78, 5) is 11.0. The first-order chi connectivity index (χ1) is 9.40. The van der Waals surface area contributed by atoms with E-state index in [0.717, 1.165) is 23.0 Å². The summed E-state index contributed by atoms with van der Waals surface area (Å²) in [5, 5.41) is 8.98. The highest BCUT2D eigenvalue weighted by molar-refractivity contribution is 7.91. The summed E-state index contributed by atoms with van der Waals surface area (Å²) < 4.78 is 26.4. The van der Waals surface area contributed by atoms with Crippen LogP contribution < -0.4 is 4.72 Å². The zero-order valence-corrected chi connectivity index (χ0v) is 12.4. The molecule has 0 saturated carbocycles. The first kappa shape index (κ1) is 15.0. The van der Waals surface area contributed by atoms with Gasteiger partial charge >= 0.3 is 5.97 Å². The lowest BCUT2D eigenvalue weighted by Gasteiger charge is -2.05. The molecule has 0 aliphatic rings. The minimum Gasteiger partial charge on any atom is -0.478 e. The molecule has 0 bridgehead atoms. The third-order valence-corrected chi connectivity index (χ3v) is 5.65. The Bertz CT molecular complexity index is 725. The molecule has 1 aromatic carbocycles. The van der Waals surface area contributed by atoms with Crippen molar-refractivity contribution in [3.8, 4) is 0 Å². The van der Waals surface area contributed by atoms with Crippen LogP contribution in [0.25, 0.3) is 0 Å². The molecule has 0 spiro atoms. The Morgan fingerprint density at radius 1 is 1.30 bits per heavy atom. The van der Waals surface area contributed by atoms with Crippen LogP contribution in [-0.2, 0) is 16.6 Å². The molecular weight excluding hydrogens is 322 g/mol. The fourth-order valence-electron chi connectivity index (χ4n) is 1.53. The molecule has 2 rings (SSSR count). The van der Waals surface area contributed by atoms with E-state index < -0.39 is 16.0 Å². The van der Waals surface area contributed by atoms with Crippen LogP contribution in [0.2, 0.25) is 4.34 Å². The van der Waals surface area contributed by atoms with Crippen LogP contribution in [0.15, 0.2) is 40.6 Å². The van der Waals surface area contributed by atoms with Crippen LogP contribution in [0.5, 0.6) is 0 Å². The molecule has 0 amide bonds. The number of aromatic carboxylic acids is 1. The van der Waals surface area contributed by atoms with Crippen LogP contribution >= 0.6 is 22.9 Å². The van der Waals surface area contributed by atoms with E-state index in [1.165, 1.54) is 0 Å². The van der Waals surface area contributed by atoms with Crippen molar-refractivity contribution in [2.45, 2.75) is 10.8 Å². The number of carboxylic acid groups (broad SMARTS) is 1. The van der Waals surface area contributed by atoms with Gasteiger partial charge in [-0.25, -0.2) is 17.9 Å². The van der Waals surface area contributed by atoms with Crippen LogP contribution in [0.4, 0.5) is 0 Å². The molecule has 0 fully saturated rings. The van der Waals surface area contributed by atoms with Crippen LogP contribution in [0.1, 0.15) is 15.9 Å². The number of carboxylic acids is 1. The number of hydrogen-bond donors (Lipinski definition) is 2. The predicted molar refractivity (Wildman–Crippen MR) is 76.8 cm³/mol. The summed E-state index contributed by atoms with van der Waals surface area (Å²) in [5.74, 6) is -1.33. The topological polar surface area (TPSA) is 83.5 Å².